The molecule has 0 radical (unpaired) electrons. The second-order valence-corrected chi connectivity index (χ2v) is 8.05. The van der Waals surface area contributed by atoms with Crippen LogP contribution in [0.2, 0.25) is 0 Å². The topological polar surface area (TPSA) is 122 Å². The highest BCUT2D eigenvalue weighted by molar-refractivity contribution is 5.71. The third kappa shape index (κ3) is 6.79. The summed E-state index contributed by atoms with van der Waals surface area (Å²) in [6.07, 6.45) is -4.85. The van der Waals surface area contributed by atoms with Crippen molar-refractivity contribution in [1.29, 1.82) is 0 Å². The smallest absolute Gasteiger partial charge is 0.406 e. The molecule has 3 N–H and O–H groups in total. The number of halogens is 3. The highest BCUT2D eigenvalue weighted by Gasteiger charge is 2.31. The van der Waals surface area contributed by atoms with Gasteiger partial charge in [-0.15, -0.1) is 13.2 Å². The molecule has 186 valence electrons. The van der Waals surface area contributed by atoms with Crippen LogP contribution in [0.4, 0.5) is 36.3 Å². The first-order chi connectivity index (χ1) is 16.5. The molecule has 0 spiro atoms. The summed E-state index contributed by atoms with van der Waals surface area (Å²) in [6.45, 7) is 5.16. The van der Waals surface area contributed by atoms with E-state index in [-0.39, 0.29) is 35.7 Å². The predicted molar refractivity (Wildman–Crippen MR) is 125 cm³/mol. The first kappa shape index (κ1) is 25.7. The van der Waals surface area contributed by atoms with Gasteiger partial charge in [-0.25, -0.2) is 4.98 Å². The fraction of sp³-hybridized carbons (Fsp3) is 0.304. The SMILES string of the molecule is Cc1c(Nc2cc(-c3cccc(OC(F)(F)F)c3)nc(N[C@H](CO)C(C)C)n2)cccc1[N+](=O)[O-]. The van der Waals surface area contributed by atoms with Crippen LogP contribution in [0.15, 0.2) is 48.5 Å². The summed E-state index contributed by atoms with van der Waals surface area (Å²) in [5.41, 5.74) is 1.30. The van der Waals surface area contributed by atoms with Crippen molar-refractivity contribution in [2.75, 3.05) is 17.2 Å². The Morgan fingerprint density at radius 1 is 1.14 bits per heavy atom. The molecular formula is C23H24F3N5O4. The fourth-order valence-corrected chi connectivity index (χ4v) is 3.26. The van der Waals surface area contributed by atoms with Crippen LogP contribution in [-0.2, 0) is 0 Å². The fourth-order valence-electron chi connectivity index (χ4n) is 3.26. The Balaban J connectivity index is 2.06. The summed E-state index contributed by atoms with van der Waals surface area (Å²) in [4.78, 5) is 19.6. The number of nitrogens with one attached hydrogen (secondary N) is 2. The summed E-state index contributed by atoms with van der Waals surface area (Å²) < 4.78 is 42.1. The number of rotatable bonds is 9. The molecule has 0 amide bonds. The largest absolute Gasteiger partial charge is 0.573 e. The lowest BCUT2D eigenvalue weighted by Gasteiger charge is -2.21. The van der Waals surface area contributed by atoms with Gasteiger partial charge < -0.3 is 20.5 Å². The number of aliphatic hydroxyl groups is 1. The van der Waals surface area contributed by atoms with E-state index in [1.165, 1.54) is 36.4 Å². The van der Waals surface area contributed by atoms with Crippen molar-refractivity contribution >= 4 is 23.1 Å². The number of nitro groups is 1. The Hall–Kier alpha value is -3.93. The molecule has 0 aliphatic heterocycles. The van der Waals surface area contributed by atoms with Gasteiger partial charge in [-0.05, 0) is 31.0 Å². The van der Waals surface area contributed by atoms with E-state index < -0.39 is 23.1 Å². The van der Waals surface area contributed by atoms with Crippen molar-refractivity contribution < 1.29 is 27.9 Å². The van der Waals surface area contributed by atoms with E-state index in [2.05, 4.69) is 25.3 Å². The van der Waals surface area contributed by atoms with E-state index in [0.717, 1.165) is 0 Å². The predicted octanol–water partition coefficient (Wildman–Crippen LogP) is 5.43. The molecule has 0 unspecified atom stereocenters. The van der Waals surface area contributed by atoms with Gasteiger partial charge in [-0.3, -0.25) is 10.1 Å². The third-order valence-corrected chi connectivity index (χ3v) is 5.17. The second kappa shape index (κ2) is 10.6. The lowest BCUT2D eigenvalue weighted by Crippen LogP contribution is -2.30. The van der Waals surface area contributed by atoms with Crippen molar-refractivity contribution in [3.63, 3.8) is 0 Å². The van der Waals surface area contributed by atoms with E-state index in [9.17, 15) is 28.4 Å². The number of hydrogen-bond acceptors (Lipinski definition) is 8. The molecule has 1 aromatic heterocycles. The number of nitrogens with zero attached hydrogens (tertiary/aromatic N) is 3. The van der Waals surface area contributed by atoms with Crippen molar-refractivity contribution in [2.45, 2.75) is 33.2 Å². The molecule has 0 aliphatic rings. The number of aromatic nitrogens is 2. The minimum atomic E-state index is -4.85. The van der Waals surface area contributed by atoms with E-state index in [4.69, 9.17) is 0 Å². The van der Waals surface area contributed by atoms with Crippen LogP contribution in [0.1, 0.15) is 19.4 Å². The molecule has 12 heteroatoms. The summed E-state index contributed by atoms with van der Waals surface area (Å²) in [5, 5.41) is 27.0. The van der Waals surface area contributed by atoms with Crippen molar-refractivity contribution in [2.24, 2.45) is 5.92 Å². The molecule has 3 aromatic rings. The molecular weight excluding hydrogens is 467 g/mol. The van der Waals surface area contributed by atoms with E-state index >= 15 is 0 Å². The van der Waals surface area contributed by atoms with Gasteiger partial charge in [0.15, 0.2) is 0 Å². The monoisotopic (exact) mass is 491 g/mol. The van der Waals surface area contributed by atoms with E-state index in [1.807, 2.05) is 13.8 Å². The molecule has 1 heterocycles. The van der Waals surface area contributed by atoms with Gasteiger partial charge in [0.2, 0.25) is 5.95 Å². The third-order valence-electron chi connectivity index (χ3n) is 5.17. The maximum Gasteiger partial charge on any atom is 0.573 e. The van der Waals surface area contributed by atoms with Crippen LogP contribution >= 0.6 is 0 Å². The lowest BCUT2D eigenvalue weighted by molar-refractivity contribution is -0.385. The Morgan fingerprint density at radius 3 is 2.49 bits per heavy atom. The molecule has 0 saturated carbocycles. The van der Waals surface area contributed by atoms with Gasteiger partial charge in [0.1, 0.15) is 11.6 Å². The number of nitro benzene ring substituents is 1. The molecule has 35 heavy (non-hydrogen) atoms. The number of alkyl halides is 3. The van der Waals surface area contributed by atoms with Gasteiger partial charge in [0, 0.05) is 23.4 Å². The number of anilines is 3. The minimum Gasteiger partial charge on any atom is -0.406 e. The summed E-state index contributed by atoms with van der Waals surface area (Å²) in [7, 11) is 0. The average molecular weight is 491 g/mol. The zero-order valence-corrected chi connectivity index (χ0v) is 19.1. The van der Waals surface area contributed by atoms with Gasteiger partial charge >= 0.3 is 6.36 Å². The Morgan fingerprint density at radius 2 is 1.86 bits per heavy atom. The number of hydrogen-bond donors (Lipinski definition) is 3. The zero-order valence-electron chi connectivity index (χ0n) is 19.1. The highest BCUT2D eigenvalue weighted by atomic mass is 19.4. The Kier molecular flexibility index (Phi) is 7.75. The van der Waals surface area contributed by atoms with Crippen molar-refractivity contribution in [1.82, 2.24) is 9.97 Å². The van der Waals surface area contributed by atoms with Crippen molar-refractivity contribution in [3.8, 4) is 17.0 Å². The number of aliphatic hydroxyl groups excluding tert-OH is 1. The van der Waals surface area contributed by atoms with Crippen molar-refractivity contribution in [3.05, 3.63) is 64.2 Å². The molecule has 2 aromatic carbocycles. The Bertz CT molecular complexity index is 1200. The van der Waals surface area contributed by atoms with Crippen LogP contribution in [0.5, 0.6) is 5.75 Å². The maximum absolute atomic E-state index is 12.7. The summed E-state index contributed by atoms with van der Waals surface area (Å²) >= 11 is 0. The average Bonchev–Trinajstić information content (AvgIpc) is 2.77. The molecule has 0 bridgehead atoms. The van der Waals surface area contributed by atoms with Gasteiger partial charge in [0.05, 0.1) is 28.8 Å². The summed E-state index contributed by atoms with van der Waals surface area (Å²) in [6, 6.07) is 11.0. The Labute approximate surface area is 199 Å². The quantitative estimate of drug-likeness (QED) is 0.267. The maximum atomic E-state index is 12.7. The second-order valence-electron chi connectivity index (χ2n) is 8.05. The molecule has 1 atom stereocenters. The lowest BCUT2D eigenvalue weighted by atomic mass is 10.1. The van der Waals surface area contributed by atoms with Gasteiger partial charge in [-0.1, -0.05) is 32.0 Å². The zero-order chi connectivity index (χ0) is 25.8. The number of benzene rings is 2. The molecule has 0 fully saturated rings. The van der Waals surface area contributed by atoms with Crippen LogP contribution in [-0.4, -0.2) is 39.0 Å². The standard InChI is InChI=1S/C23H24F3N5O4/c1-13(2)19(12-32)29-22-28-18(15-6-4-7-16(10-15)35-23(24,25)26)11-21(30-22)27-17-8-5-9-20(14(17)3)31(33)34/h4-11,13,19,32H,12H2,1-3H3,(H2,27,28,29,30)/t19-/m1/s1. The first-order valence-electron chi connectivity index (χ1n) is 10.6. The summed E-state index contributed by atoms with van der Waals surface area (Å²) in [5.74, 6) is -0.0413. The minimum absolute atomic E-state index is 0.0196. The molecule has 9 nitrogen and oxygen atoms in total. The van der Waals surface area contributed by atoms with E-state index in [1.54, 1.807) is 19.1 Å². The highest BCUT2D eigenvalue weighted by Crippen LogP contribution is 2.31. The van der Waals surface area contributed by atoms with Gasteiger partial charge in [0.25, 0.3) is 5.69 Å². The van der Waals surface area contributed by atoms with Crippen LogP contribution in [0, 0.1) is 23.0 Å². The molecule has 0 saturated heterocycles. The van der Waals surface area contributed by atoms with Gasteiger partial charge in [-0.2, -0.15) is 4.98 Å². The normalized spacial score (nSPS) is 12.3. The first-order valence-corrected chi connectivity index (χ1v) is 10.6. The van der Waals surface area contributed by atoms with Crippen LogP contribution in [0.25, 0.3) is 11.3 Å². The van der Waals surface area contributed by atoms with Crippen LogP contribution in [0.3, 0.4) is 0 Å². The molecule has 0 aliphatic carbocycles. The van der Waals surface area contributed by atoms with Crippen LogP contribution < -0.4 is 15.4 Å². The number of ether oxygens (including phenoxy) is 1. The van der Waals surface area contributed by atoms with E-state index in [0.29, 0.717) is 16.8 Å². The molecule has 3 rings (SSSR count).